The second-order valence-corrected chi connectivity index (χ2v) is 6.01. The van der Waals surface area contributed by atoms with Crippen molar-refractivity contribution in [1.82, 2.24) is 10.6 Å². The Kier molecular flexibility index (Phi) is 8.42. The van der Waals surface area contributed by atoms with Crippen LogP contribution in [-0.2, 0) is 11.2 Å². The molecule has 118 valence electrons. The van der Waals surface area contributed by atoms with Crippen molar-refractivity contribution in [2.75, 3.05) is 13.1 Å². The van der Waals surface area contributed by atoms with Gasteiger partial charge in [-0.15, -0.1) is 12.4 Å². The molecular weight excluding hydrogens is 331 g/mol. The Morgan fingerprint density at radius 3 is 2.62 bits per heavy atom. The minimum absolute atomic E-state index is 0. The lowest BCUT2D eigenvalue weighted by atomic mass is 10.1. The standard InChI is InChI=1S/C15H20Cl2N2O.ClH/c16-13-5-4-11(10-14(13)17)2-1-3-15(20)19-12-6-8-18-9-7-12;/h4-5,10,12,18H,1-3,6-9H2,(H,19,20);1H. The van der Waals surface area contributed by atoms with Gasteiger partial charge >= 0.3 is 0 Å². The van der Waals surface area contributed by atoms with Gasteiger partial charge in [0, 0.05) is 12.5 Å². The fourth-order valence-corrected chi connectivity index (χ4v) is 2.73. The number of carbonyl (C=O) groups excluding carboxylic acids is 1. The van der Waals surface area contributed by atoms with Gasteiger partial charge in [0.05, 0.1) is 10.0 Å². The Labute approximate surface area is 142 Å². The largest absolute Gasteiger partial charge is 0.353 e. The van der Waals surface area contributed by atoms with Crippen molar-refractivity contribution in [3.8, 4) is 0 Å². The third-order valence-electron chi connectivity index (χ3n) is 3.56. The molecule has 1 amide bonds. The summed E-state index contributed by atoms with van der Waals surface area (Å²) in [6.07, 6.45) is 4.28. The van der Waals surface area contributed by atoms with Crippen LogP contribution in [0.15, 0.2) is 18.2 Å². The predicted molar refractivity (Wildman–Crippen MR) is 90.7 cm³/mol. The SMILES string of the molecule is Cl.O=C(CCCc1ccc(Cl)c(Cl)c1)NC1CCNCC1. The molecule has 2 N–H and O–H groups in total. The zero-order valence-electron chi connectivity index (χ0n) is 11.8. The molecule has 1 saturated heterocycles. The minimum Gasteiger partial charge on any atom is -0.353 e. The van der Waals surface area contributed by atoms with Gasteiger partial charge in [-0.1, -0.05) is 29.3 Å². The second-order valence-electron chi connectivity index (χ2n) is 5.19. The van der Waals surface area contributed by atoms with Crippen molar-refractivity contribution in [2.24, 2.45) is 0 Å². The van der Waals surface area contributed by atoms with Crippen LogP contribution in [0.3, 0.4) is 0 Å². The van der Waals surface area contributed by atoms with Crippen LogP contribution in [-0.4, -0.2) is 25.0 Å². The van der Waals surface area contributed by atoms with Gasteiger partial charge in [0.1, 0.15) is 0 Å². The molecule has 3 nitrogen and oxygen atoms in total. The van der Waals surface area contributed by atoms with Crippen molar-refractivity contribution in [2.45, 2.75) is 38.1 Å². The Balaban J connectivity index is 0.00000220. The van der Waals surface area contributed by atoms with Crippen molar-refractivity contribution < 1.29 is 4.79 Å². The van der Waals surface area contributed by atoms with Crippen LogP contribution < -0.4 is 10.6 Å². The number of aryl methyl sites for hydroxylation is 1. The molecule has 1 fully saturated rings. The Bertz CT molecular complexity index is 462. The fraction of sp³-hybridized carbons (Fsp3) is 0.533. The molecule has 1 aromatic carbocycles. The molecule has 1 heterocycles. The molecule has 0 unspecified atom stereocenters. The lowest BCUT2D eigenvalue weighted by Gasteiger charge is -2.23. The first-order valence-electron chi connectivity index (χ1n) is 7.09. The highest BCUT2D eigenvalue weighted by Gasteiger charge is 2.14. The number of carbonyl (C=O) groups is 1. The molecule has 21 heavy (non-hydrogen) atoms. The van der Waals surface area contributed by atoms with E-state index >= 15 is 0 Å². The highest BCUT2D eigenvalue weighted by atomic mass is 35.5. The van der Waals surface area contributed by atoms with E-state index in [0.29, 0.717) is 22.5 Å². The molecule has 1 aliphatic heterocycles. The minimum atomic E-state index is 0. The van der Waals surface area contributed by atoms with Gasteiger partial charge in [-0.2, -0.15) is 0 Å². The number of amides is 1. The van der Waals surface area contributed by atoms with E-state index in [1.807, 2.05) is 12.1 Å². The highest BCUT2D eigenvalue weighted by molar-refractivity contribution is 6.42. The molecule has 1 aromatic rings. The van der Waals surface area contributed by atoms with Crippen LogP contribution in [0.2, 0.25) is 10.0 Å². The molecule has 0 saturated carbocycles. The lowest BCUT2D eigenvalue weighted by Crippen LogP contribution is -2.42. The summed E-state index contributed by atoms with van der Waals surface area (Å²) in [4.78, 5) is 11.8. The second kappa shape index (κ2) is 9.52. The summed E-state index contributed by atoms with van der Waals surface area (Å²) >= 11 is 11.8. The summed E-state index contributed by atoms with van der Waals surface area (Å²) in [7, 11) is 0. The molecule has 0 radical (unpaired) electrons. The van der Waals surface area contributed by atoms with Crippen LogP contribution in [0.25, 0.3) is 0 Å². The molecule has 0 bridgehead atoms. The summed E-state index contributed by atoms with van der Waals surface area (Å²) in [5, 5.41) is 7.53. The monoisotopic (exact) mass is 350 g/mol. The van der Waals surface area contributed by atoms with Gasteiger partial charge < -0.3 is 10.6 Å². The molecule has 1 aliphatic rings. The Morgan fingerprint density at radius 2 is 1.95 bits per heavy atom. The van der Waals surface area contributed by atoms with Crippen molar-refractivity contribution in [3.63, 3.8) is 0 Å². The first-order chi connectivity index (χ1) is 9.65. The van der Waals surface area contributed by atoms with Crippen molar-refractivity contribution in [3.05, 3.63) is 33.8 Å². The van der Waals surface area contributed by atoms with Crippen LogP contribution in [0.4, 0.5) is 0 Å². The van der Waals surface area contributed by atoms with Crippen molar-refractivity contribution >= 4 is 41.5 Å². The maximum Gasteiger partial charge on any atom is 0.220 e. The van der Waals surface area contributed by atoms with E-state index in [9.17, 15) is 4.79 Å². The van der Waals surface area contributed by atoms with E-state index in [4.69, 9.17) is 23.2 Å². The van der Waals surface area contributed by atoms with E-state index in [1.54, 1.807) is 6.07 Å². The van der Waals surface area contributed by atoms with Gasteiger partial charge in [0.2, 0.25) is 5.91 Å². The maximum atomic E-state index is 11.8. The van der Waals surface area contributed by atoms with Gasteiger partial charge in [0.15, 0.2) is 0 Å². The average Bonchev–Trinajstić information content (AvgIpc) is 2.44. The van der Waals surface area contributed by atoms with E-state index in [2.05, 4.69) is 10.6 Å². The number of hydrogen-bond donors (Lipinski definition) is 2. The third kappa shape index (κ3) is 6.43. The summed E-state index contributed by atoms with van der Waals surface area (Å²) in [6.45, 7) is 1.99. The molecule has 0 spiro atoms. The average molecular weight is 352 g/mol. The number of benzene rings is 1. The number of piperidine rings is 1. The number of nitrogens with one attached hydrogen (secondary N) is 2. The molecular formula is C15H21Cl3N2O. The summed E-state index contributed by atoms with van der Waals surface area (Å²) in [5.74, 6) is 0.150. The predicted octanol–water partition coefficient (Wildman–Crippen LogP) is 3.61. The quantitative estimate of drug-likeness (QED) is 0.851. The van der Waals surface area contributed by atoms with E-state index in [-0.39, 0.29) is 18.3 Å². The number of halogens is 3. The fourth-order valence-electron chi connectivity index (χ4n) is 2.41. The topological polar surface area (TPSA) is 41.1 Å². The Morgan fingerprint density at radius 1 is 1.24 bits per heavy atom. The van der Waals surface area contributed by atoms with Crippen LogP contribution in [0.5, 0.6) is 0 Å². The lowest BCUT2D eigenvalue weighted by molar-refractivity contribution is -0.122. The normalized spacial score (nSPS) is 15.3. The van der Waals surface area contributed by atoms with Gasteiger partial charge in [0.25, 0.3) is 0 Å². The summed E-state index contributed by atoms with van der Waals surface area (Å²) < 4.78 is 0. The van der Waals surface area contributed by atoms with E-state index in [0.717, 1.165) is 44.3 Å². The maximum absolute atomic E-state index is 11.8. The van der Waals surface area contributed by atoms with Crippen LogP contribution in [0.1, 0.15) is 31.2 Å². The van der Waals surface area contributed by atoms with Crippen molar-refractivity contribution in [1.29, 1.82) is 0 Å². The van der Waals surface area contributed by atoms with Crippen LogP contribution >= 0.6 is 35.6 Å². The Hall–Kier alpha value is -0.480. The molecule has 0 atom stereocenters. The van der Waals surface area contributed by atoms with E-state index in [1.165, 1.54) is 0 Å². The number of rotatable bonds is 5. The molecule has 0 aromatic heterocycles. The van der Waals surface area contributed by atoms with Gasteiger partial charge in [-0.25, -0.2) is 0 Å². The summed E-state index contributed by atoms with van der Waals surface area (Å²) in [6, 6.07) is 5.97. The van der Waals surface area contributed by atoms with E-state index < -0.39 is 0 Å². The molecule has 6 heteroatoms. The first kappa shape index (κ1) is 18.6. The molecule has 2 rings (SSSR count). The first-order valence-corrected chi connectivity index (χ1v) is 7.85. The van der Waals surface area contributed by atoms with Gasteiger partial charge in [-0.3, -0.25) is 4.79 Å². The number of hydrogen-bond acceptors (Lipinski definition) is 2. The highest BCUT2D eigenvalue weighted by Crippen LogP contribution is 2.23. The summed E-state index contributed by atoms with van der Waals surface area (Å²) in [5.41, 5.74) is 1.12. The van der Waals surface area contributed by atoms with Gasteiger partial charge in [-0.05, 0) is 56.5 Å². The third-order valence-corrected chi connectivity index (χ3v) is 4.30. The zero-order chi connectivity index (χ0) is 14.4. The zero-order valence-corrected chi connectivity index (χ0v) is 14.2. The molecule has 0 aliphatic carbocycles. The smallest absolute Gasteiger partial charge is 0.220 e. The van der Waals surface area contributed by atoms with Crippen LogP contribution in [0, 0.1) is 0 Å².